The molecule has 808 valence electrons. The number of para-hydroxylation sites is 1. The Morgan fingerprint density at radius 3 is 1.87 bits per heavy atom. The van der Waals surface area contributed by atoms with E-state index in [0.717, 1.165) is 58.6 Å². The number of anilines is 3. The van der Waals surface area contributed by atoms with Gasteiger partial charge in [-0.3, -0.25) is 42.2 Å². The molecule has 59 heteroatoms. The van der Waals surface area contributed by atoms with E-state index in [0.29, 0.717) is 75.1 Å². The van der Waals surface area contributed by atoms with Crippen LogP contribution in [-0.4, -0.2) is 326 Å². The van der Waals surface area contributed by atoms with Crippen LogP contribution in [0.25, 0.3) is 44.5 Å². The van der Waals surface area contributed by atoms with Crippen molar-refractivity contribution in [3.63, 3.8) is 0 Å². The molecule has 51 nitrogen and oxygen atoms in total. The van der Waals surface area contributed by atoms with Crippen LogP contribution in [0.1, 0.15) is 119 Å². The van der Waals surface area contributed by atoms with Crippen LogP contribution in [0.2, 0.25) is 5.02 Å². The van der Waals surface area contributed by atoms with E-state index in [9.17, 15) is 62.4 Å². The molecule has 18 atom stereocenters. The molecule has 5 fully saturated rings. The van der Waals surface area contributed by atoms with Crippen LogP contribution >= 0.6 is 58.0 Å². The Morgan fingerprint density at radius 1 is 0.660 bits per heavy atom. The van der Waals surface area contributed by atoms with Crippen LogP contribution < -0.4 is 79.6 Å². The fraction of sp³-hybridized carbons (Fsp3) is 0.451. The number of aliphatic hydroxyl groups excluding tert-OH is 13. The summed E-state index contributed by atoms with van der Waals surface area (Å²) in [6.45, 7) is 9.80. The number of aryl methyl sites for hydroxylation is 2. The van der Waals surface area contributed by atoms with Gasteiger partial charge in [0.05, 0.1) is 122 Å². The van der Waals surface area contributed by atoms with E-state index < -0.39 is 155 Å². The molecule has 5 saturated heterocycles. The van der Waals surface area contributed by atoms with E-state index in [-0.39, 0.29) is 122 Å². The van der Waals surface area contributed by atoms with Gasteiger partial charge in [-0.1, -0.05) is 112 Å². The number of fused-ring (bicyclic) bond motifs is 5. The standard InChI is InChI=1S/C17H18N4O3S.C15H12Cl2O.C11H16N2O5.C10H12N4O5.C10H12N4O3.C9H11FIN3O4.C8H11N5O2.C6H12O5.C5H11NS2.Na/c1-11(2)25(23,24)21-15-10-13(8-9-14(15)19-17(21)18)16(20-22)12-6-4-3-5-7-12;16-13-7-3-2-6-12(13)15(17)10-9-11-5-1-4-8-14(11)18-15;1-2-6-4-13(11(17)12-10(6)16)9-3-7(15)8(5-14)18-9;15-1-4-6(16)7(17)10(19-4)14-3-13-5-8(14)11-2-12-9(5)18;15-3-6-1-2-7(17-6)14-5-13-8-9(14)11-4-12-10(8)16;10-5-6(16)4(2-15)18-8(5)14-1-3(11)7(12)13-9(14)17;9-8-10-3-6-7(12-8)13(4-11-6)5-15-2-1-14;7-2-4-6(10)3(8)1-5(9)11-4;1-3-6(4-2)5(7)8;/h3-11,22H,1-2H3,(H2,18,19);1-8H,9-10H2;4,7-9,14-15H,2-3,5H2,1H3,(H,12,16,17);2-4,6-7,10,15-17H,1H2,(H,11,12,18);4-7,15H,1-3H2,(H,11,12,16);1,4-6,8,15-16H,2H2,(H2,12,13,17);3-4,14H,1-2,5H2,(H2,9,10,12);3-10H,1-2H2;3-4H2,1-2H3,(H,7,8);/q;;;;;;;;;+1/p-1/b20-16+;;;;;;;;;/t;;7-,8+,9+;4-,6-,7-,10-;6-,7+;4-,5+,6-,8-;;3-,4-,5?,6+;;/m..0101.1../s1. The van der Waals surface area contributed by atoms with Crippen molar-refractivity contribution in [2.45, 2.75) is 201 Å². The van der Waals surface area contributed by atoms with Crippen LogP contribution in [0, 0.1) is 3.57 Å². The van der Waals surface area contributed by atoms with E-state index in [1.54, 1.807) is 79.1 Å². The number of oxime groups is 1. The number of halogens is 4. The number of imidazole rings is 4. The second-order valence-corrected chi connectivity index (χ2v) is 39.2. The summed E-state index contributed by atoms with van der Waals surface area (Å²) in [7, 11) is -3.68. The first-order valence-corrected chi connectivity index (χ1v) is 50.3. The van der Waals surface area contributed by atoms with Crippen LogP contribution in [-0.2, 0) is 75.7 Å². The monoisotopic (exact) mass is 2310 g/mol. The average molecular weight is 2310 g/mol. The number of thiocarbonyl (C=S) groups is 1. The first-order chi connectivity index (χ1) is 71.2. The van der Waals surface area contributed by atoms with Gasteiger partial charge in [-0.15, -0.1) is 0 Å². The van der Waals surface area contributed by atoms with Crippen molar-refractivity contribution in [3.05, 3.63) is 236 Å². The predicted octanol–water partition coefficient (Wildman–Crippen LogP) is -2.19. The summed E-state index contributed by atoms with van der Waals surface area (Å²) in [4.78, 5) is 102. The van der Waals surface area contributed by atoms with Gasteiger partial charge < -0.3 is 162 Å². The number of H-pyrrole nitrogens is 3. The second kappa shape index (κ2) is 56.3. The number of nitrogens with one attached hydrogen (secondary N) is 3. The van der Waals surface area contributed by atoms with Crippen molar-refractivity contribution in [3.8, 4) is 5.75 Å². The average Bonchev–Trinajstić information content (AvgIpc) is 1.59. The van der Waals surface area contributed by atoms with Gasteiger partial charge in [0.15, 0.2) is 52.9 Å². The topological polar surface area (TPSA) is 754 Å². The minimum atomic E-state index is -3.68. The molecule has 0 bridgehead atoms. The van der Waals surface area contributed by atoms with Crippen molar-refractivity contribution in [2.75, 3.05) is 76.5 Å². The molecule has 0 radical (unpaired) electrons. The fourth-order valence-corrected chi connectivity index (χ4v) is 18.4. The summed E-state index contributed by atoms with van der Waals surface area (Å²) in [6, 6.07) is 29.6. The predicted molar refractivity (Wildman–Crippen MR) is 551 cm³/mol. The maximum atomic E-state index is 13.8. The largest absolute Gasteiger partial charge is 1.00 e. The molecule has 6 aliphatic heterocycles. The van der Waals surface area contributed by atoms with Gasteiger partial charge in [0.1, 0.15) is 90.8 Å². The summed E-state index contributed by atoms with van der Waals surface area (Å²) in [5.74, 6) is 0.998. The molecule has 0 amide bonds. The summed E-state index contributed by atoms with van der Waals surface area (Å²) in [5.41, 5.74) is 21.7. The number of hydrogen-bond acceptors (Lipinski definition) is 43. The quantitative estimate of drug-likeness (QED) is 0.00418. The van der Waals surface area contributed by atoms with Crippen molar-refractivity contribution in [1.82, 2.24) is 91.5 Å². The smallest absolute Gasteiger partial charge is 0.467 e. The number of nitrogens with two attached hydrogens (primary N) is 3. The molecule has 0 spiro atoms. The second-order valence-electron chi connectivity index (χ2n) is 33.7. The Bertz CT molecular complexity index is 7110. The number of alkyl halides is 2. The normalized spacial score (nSPS) is 23.6. The van der Waals surface area contributed by atoms with Gasteiger partial charge in [-0.05, 0) is 106 Å². The van der Waals surface area contributed by atoms with E-state index >= 15 is 0 Å². The van der Waals surface area contributed by atoms with Crippen LogP contribution in [0.4, 0.5) is 22.1 Å². The summed E-state index contributed by atoms with van der Waals surface area (Å²) >= 11 is 24.2. The Balaban J connectivity index is 0.000000174. The first-order valence-electron chi connectivity index (χ1n) is 46.2. The molecular formula is C91H114Cl2FIN23NaO28S3. The number of ether oxygens (including phenoxy) is 7. The third-order valence-electron chi connectivity index (χ3n) is 23.7. The van der Waals surface area contributed by atoms with E-state index in [1.165, 1.54) is 46.1 Å². The Hall–Kier alpha value is -10.6. The van der Waals surface area contributed by atoms with Gasteiger partial charge in [-0.25, -0.2) is 61.3 Å². The molecule has 6 aliphatic rings. The van der Waals surface area contributed by atoms with Crippen molar-refractivity contribution in [1.29, 1.82) is 0 Å². The van der Waals surface area contributed by atoms with Crippen molar-refractivity contribution >= 4 is 153 Å². The Morgan fingerprint density at radius 2 is 1.28 bits per heavy atom. The molecule has 23 N–H and O–H groups in total. The van der Waals surface area contributed by atoms with Crippen LogP contribution in [0.5, 0.6) is 5.75 Å². The molecule has 150 heavy (non-hydrogen) atoms. The third-order valence-corrected chi connectivity index (χ3v) is 27.9. The minimum absolute atomic E-state index is 0. The van der Waals surface area contributed by atoms with Crippen molar-refractivity contribution in [2.24, 2.45) is 5.16 Å². The molecule has 15 heterocycles. The Labute approximate surface area is 909 Å². The number of aromatic nitrogens is 18. The summed E-state index contributed by atoms with van der Waals surface area (Å²) < 4.78 is 85.3. The number of benzene rings is 4. The first kappa shape index (κ1) is 121. The SMILES string of the molecule is CC(C)S(=O)(=O)n1c(N)nc2ccc(/C(=N/O)c3ccccc3)cc21.CCN(CC)C(=S)[S-].CCc1cn([C@H]2C[C@H](O)[C@@H](CO)O2)c(=O)[nH]c1=O.Clc1ccccc1C1(Cl)CCc2ccccc2O1.Nc1nc(=O)n([C@@H]2O[C@H](CO)[C@@H](O)[C@@H]2F)cc1I.Nc1ncc2ncn(COCCO)c2n1.O=c1[nH]cnc2c1ncn2[C@@H]1O[C@H](CO)[C@@H](O)[C@H]1O.O=c1[nH]cnc2c1ncn2[C@H]1CC[C@@H](CO)O1.OC[C@H]1OC(O)C[C@@H](O)[C@@H]1O.[Na+]. The Kier molecular flexibility index (Phi) is 45.5. The number of rotatable bonds is 21. The third kappa shape index (κ3) is 29.7. The number of hydrogen-bond donors (Lipinski definition) is 20. The minimum Gasteiger partial charge on any atom is -0.467 e. The molecule has 9 aromatic heterocycles. The molecule has 0 aliphatic carbocycles. The summed E-state index contributed by atoms with van der Waals surface area (Å²) in [5, 5.41) is 131. The van der Waals surface area contributed by atoms with Gasteiger partial charge >= 0.3 is 40.9 Å². The summed E-state index contributed by atoms with van der Waals surface area (Å²) in [6.07, 6.45) is -1.40. The zero-order valence-electron chi connectivity index (χ0n) is 81.3. The molecule has 0 saturated carbocycles. The zero-order valence-corrected chi connectivity index (χ0v) is 89.4. The van der Waals surface area contributed by atoms with Crippen LogP contribution in [0.15, 0.2) is 176 Å². The van der Waals surface area contributed by atoms with E-state index in [4.69, 9.17) is 144 Å². The van der Waals surface area contributed by atoms with Crippen molar-refractivity contribution < 1.29 is 147 Å². The maximum Gasteiger partial charge on any atom is 1.00 e. The molecule has 13 aromatic rings. The van der Waals surface area contributed by atoms with Gasteiger partial charge in [0.2, 0.25) is 27.0 Å². The fourth-order valence-electron chi connectivity index (χ4n) is 15.6. The maximum absolute atomic E-state index is 13.8. The number of aliphatic hydroxyl groups is 13. The molecular weight excluding hydrogens is 2200 g/mol. The zero-order chi connectivity index (χ0) is 109. The van der Waals surface area contributed by atoms with Gasteiger partial charge in [-0.2, -0.15) is 9.97 Å². The van der Waals surface area contributed by atoms with Gasteiger partial charge in [0, 0.05) is 72.0 Å². The number of aromatic amines is 3. The van der Waals surface area contributed by atoms with E-state index in [2.05, 4.69) is 71.0 Å². The molecule has 19 rings (SSSR count). The van der Waals surface area contributed by atoms with E-state index in [1.807, 2.05) is 102 Å². The molecule has 4 aromatic carbocycles. The number of nitrogen functional groups attached to an aromatic ring is 3. The number of nitrogens with zero attached hydrogens (tertiary/aromatic N) is 17. The van der Waals surface area contributed by atoms with Gasteiger partial charge in [0.25, 0.3) is 16.7 Å². The van der Waals surface area contributed by atoms with Crippen LogP contribution in [0.3, 0.4) is 0 Å². The molecule has 2 unspecified atom stereocenters.